The van der Waals surface area contributed by atoms with Gasteiger partial charge in [-0.3, -0.25) is 0 Å². The molecule has 0 aliphatic rings. The van der Waals surface area contributed by atoms with E-state index in [1.807, 2.05) is 0 Å². The summed E-state index contributed by atoms with van der Waals surface area (Å²) < 4.78 is 1.01. The third kappa shape index (κ3) is 3.56. The van der Waals surface area contributed by atoms with Crippen LogP contribution in [0.15, 0.2) is 45.3 Å². The molecule has 0 heterocycles. The van der Waals surface area contributed by atoms with Crippen LogP contribution in [0.25, 0.3) is 11.6 Å². The highest BCUT2D eigenvalue weighted by Crippen LogP contribution is 2.34. The average molecular weight is 423 g/mol. The predicted octanol–water partition coefficient (Wildman–Crippen LogP) is 4.68. The van der Waals surface area contributed by atoms with Gasteiger partial charge in [-0.05, 0) is 73.3 Å². The van der Waals surface area contributed by atoms with Crippen molar-refractivity contribution in [3.05, 3.63) is 62.0 Å². The molecule has 0 saturated heterocycles. The van der Waals surface area contributed by atoms with Crippen LogP contribution in [-0.2, 0) is 0 Å². The van der Waals surface area contributed by atoms with Crippen molar-refractivity contribution in [2.45, 2.75) is 0 Å². The van der Waals surface area contributed by atoms with Crippen LogP contribution < -0.4 is 0 Å². The highest BCUT2D eigenvalue weighted by atomic mass is 79.9. The van der Waals surface area contributed by atoms with Gasteiger partial charge in [0.25, 0.3) is 0 Å². The monoisotopic (exact) mass is 421 g/mol. The number of nitriles is 1. The van der Waals surface area contributed by atoms with E-state index in [0.29, 0.717) is 20.1 Å². The lowest BCUT2D eigenvalue weighted by Crippen LogP contribution is -1.95. The first-order valence-electron chi connectivity index (χ1n) is 6.06. The molecule has 2 aromatic carbocycles. The first-order chi connectivity index (χ1) is 10.4. The van der Waals surface area contributed by atoms with Crippen LogP contribution in [0.2, 0.25) is 0 Å². The highest BCUT2D eigenvalue weighted by Gasteiger charge is 2.08. The van der Waals surface area contributed by atoms with Gasteiger partial charge in [0.2, 0.25) is 0 Å². The summed E-state index contributed by atoms with van der Waals surface area (Å²) in [6, 6.07) is 11.5. The van der Waals surface area contributed by atoms with Crippen LogP contribution in [0.3, 0.4) is 0 Å². The topological polar surface area (TPSA) is 81.3 Å². The Kier molecular flexibility index (Phi) is 5.01. The van der Waals surface area contributed by atoms with Gasteiger partial charge in [0.15, 0.2) is 0 Å². The molecule has 2 rings (SSSR count). The number of hydrogen-bond donors (Lipinski definition) is 2. The van der Waals surface area contributed by atoms with E-state index in [0.717, 1.165) is 5.56 Å². The van der Waals surface area contributed by atoms with Crippen molar-refractivity contribution >= 4 is 49.5 Å². The molecule has 0 bridgehead atoms. The van der Waals surface area contributed by atoms with Crippen molar-refractivity contribution in [3.8, 4) is 11.8 Å². The number of phenolic OH excluding ortho intramolecular Hbond substituents is 1. The number of carboxylic acids is 1. The van der Waals surface area contributed by atoms with Crippen LogP contribution in [0.5, 0.6) is 5.75 Å². The van der Waals surface area contributed by atoms with Crippen molar-refractivity contribution < 1.29 is 15.0 Å². The molecule has 0 fully saturated rings. The molecular formula is C16H9Br2NO3. The molecule has 110 valence electrons. The first-order valence-corrected chi connectivity index (χ1v) is 7.64. The third-order valence-electron chi connectivity index (χ3n) is 2.91. The molecule has 0 atom stereocenters. The van der Waals surface area contributed by atoms with Gasteiger partial charge in [0.1, 0.15) is 5.75 Å². The summed E-state index contributed by atoms with van der Waals surface area (Å²) in [7, 11) is 0. The fourth-order valence-corrected chi connectivity index (χ4v) is 3.03. The summed E-state index contributed by atoms with van der Waals surface area (Å²) in [5.74, 6) is -0.929. The van der Waals surface area contributed by atoms with Crippen molar-refractivity contribution in [1.82, 2.24) is 0 Å². The largest absolute Gasteiger partial charge is 0.506 e. The van der Waals surface area contributed by atoms with E-state index >= 15 is 0 Å². The van der Waals surface area contributed by atoms with Crippen molar-refractivity contribution in [3.63, 3.8) is 0 Å². The number of aromatic carboxylic acids is 1. The zero-order valence-electron chi connectivity index (χ0n) is 11.0. The lowest BCUT2D eigenvalue weighted by atomic mass is 10.0. The fraction of sp³-hybridized carbons (Fsp3) is 0. The van der Waals surface area contributed by atoms with E-state index in [9.17, 15) is 15.2 Å². The van der Waals surface area contributed by atoms with Gasteiger partial charge in [-0.25, -0.2) is 4.79 Å². The molecular weight excluding hydrogens is 414 g/mol. The lowest BCUT2D eigenvalue weighted by Gasteiger charge is -2.04. The van der Waals surface area contributed by atoms with Gasteiger partial charge in [0, 0.05) is 0 Å². The Bertz CT molecular complexity index is 782. The second kappa shape index (κ2) is 6.77. The lowest BCUT2D eigenvalue weighted by molar-refractivity contribution is 0.0697. The van der Waals surface area contributed by atoms with E-state index < -0.39 is 5.97 Å². The predicted molar refractivity (Wildman–Crippen MR) is 90.4 cm³/mol. The summed E-state index contributed by atoms with van der Waals surface area (Å²) in [6.07, 6.45) is 1.66. The van der Waals surface area contributed by atoms with Gasteiger partial charge < -0.3 is 10.2 Å². The van der Waals surface area contributed by atoms with Crippen LogP contribution in [-0.4, -0.2) is 16.2 Å². The van der Waals surface area contributed by atoms with Crippen LogP contribution in [0.1, 0.15) is 21.5 Å². The molecule has 2 aromatic rings. The maximum atomic E-state index is 10.8. The van der Waals surface area contributed by atoms with Crippen molar-refractivity contribution in [1.29, 1.82) is 5.26 Å². The quantitative estimate of drug-likeness (QED) is 0.555. The Hall–Kier alpha value is -2.10. The summed E-state index contributed by atoms with van der Waals surface area (Å²) in [5, 5.41) is 27.9. The van der Waals surface area contributed by atoms with Gasteiger partial charge >= 0.3 is 5.97 Å². The number of carboxylic acid groups (broad SMARTS) is 1. The average Bonchev–Trinajstić information content (AvgIpc) is 2.50. The Morgan fingerprint density at radius 3 is 2.05 bits per heavy atom. The van der Waals surface area contributed by atoms with Gasteiger partial charge in [0.05, 0.1) is 26.2 Å². The van der Waals surface area contributed by atoms with E-state index in [1.165, 1.54) is 12.1 Å². The van der Waals surface area contributed by atoms with E-state index in [2.05, 4.69) is 37.9 Å². The Balaban J connectivity index is 2.44. The number of hydrogen-bond acceptors (Lipinski definition) is 3. The number of aromatic hydroxyl groups is 1. The second-order valence-electron chi connectivity index (χ2n) is 4.39. The molecule has 2 N–H and O–H groups in total. The molecule has 4 nitrogen and oxygen atoms in total. The van der Waals surface area contributed by atoms with Gasteiger partial charge in [-0.1, -0.05) is 12.1 Å². The smallest absolute Gasteiger partial charge is 0.335 e. The summed E-state index contributed by atoms with van der Waals surface area (Å²) >= 11 is 6.47. The molecule has 6 heteroatoms. The minimum atomic E-state index is -1.01. The van der Waals surface area contributed by atoms with Gasteiger partial charge in [-0.15, -0.1) is 0 Å². The highest BCUT2D eigenvalue weighted by molar-refractivity contribution is 9.11. The Morgan fingerprint density at radius 1 is 1.09 bits per heavy atom. The molecule has 0 radical (unpaired) electrons. The molecule has 0 aliphatic heterocycles. The zero-order valence-corrected chi connectivity index (χ0v) is 14.2. The molecule has 0 saturated carbocycles. The summed E-state index contributed by atoms with van der Waals surface area (Å²) in [6.45, 7) is 0. The minimum absolute atomic E-state index is 0.0847. The minimum Gasteiger partial charge on any atom is -0.506 e. The number of nitrogens with zero attached hydrogens (tertiary/aromatic N) is 1. The normalized spacial score (nSPS) is 11.0. The SMILES string of the molecule is N#C/C(=C/c1cc(Br)c(O)c(Br)c1)c1ccc(C(=O)O)cc1. The number of halogens is 2. The standard InChI is InChI=1S/C16H9Br2NO3/c17-13-6-9(7-14(18)15(13)20)5-12(8-19)10-1-3-11(4-2-10)16(21)22/h1-7,20H,(H,21,22)/b12-5-. The molecule has 0 aromatic heterocycles. The first kappa shape index (κ1) is 16.3. The number of carbonyl (C=O) groups is 1. The number of phenols is 1. The maximum Gasteiger partial charge on any atom is 0.335 e. The molecule has 0 unspecified atom stereocenters. The summed E-state index contributed by atoms with van der Waals surface area (Å²) in [4.78, 5) is 10.8. The van der Waals surface area contributed by atoms with Crippen LogP contribution in [0, 0.1) is 11.3 Å². The Labute approximate surface area is 143 Å². The maximum absolute atomic E-state index is 10.8. The van der Waals surface area contributed by atoms with Crippen LogP contribution >= 0.6 is 31.9 Å². The van der Waals surface area contributed by atoms with Crippen molar-refractivity contribution in [2.24, 2.45) is 0 Å². The van der Waals surface area contributed by atoms with Crippen LogP contribution in [0.4, 0.5) is 0 Å². The molecule has 0 amide bonds. The number of rotatable bonds is 3. The molecule has 22 heavy (non-hydrogen) atoms. The Morgan fingerprint density at radius 2 is 1.59 bits per heavy atom. The fourth-order valence-electron chi connectivity index (χ4n) is 1.81. The molecule has 0 aliphatic carbocycles. The van der Waals surface area contributed by atoms with Crippen molar-refractivity contribution in [2.75, 3.05) is 0 Å². The summed E-state index contributed by atoms with van der Waals surface area (Å²) in [5.41, 5.74) is 1.89. The second-order valence-corrected chi connectivity index (χ2v) is 6.09. The van der Waals surface area contributed by atoms with Gasteiger partial charge in [-0.2, -0.15) is 5.26 Å². The van der Waals surface area contributed by atoms with E-state index in [4.69, 9.17) is 5.11 Å². The number of allylic oxidation sites excluding steroid dienone is 1. The van der Waals surface area contributed by atoms with E-state index in [1.54, 1.807) is 30.3 Å². The third-order valence-corrected chi connectivity index (χ3v) is 4.12. The van der Waals surface area contributed by atoms with E-state index in [-0.39, 0.29) is 11.3 Å². The zero-order chi connectivity index (χ0) is 16.3. The number of benzene rings is 2. The molecule has 0 spiro atoms.